The van der Waals surface area contributed by atoms with Gasteiger partial charge in [0.2, 0.25) is 0 Å². The van der Waals surface area contributed by atoms with E-state index in [1.54, 1.807) is 23.1 Å². The monoisotopic (exact) mass is 390 g/mol. The van der Waals surface area contributed by atoms with Crippen LogP contribution in [0.2, 0.25) is 0 Å². The van der Waals surface area contributed by atoms with Crippen LogP contribution in [0.3, 0.4) is 0 Å². The van der Waals surface area contributed by atoms with Crippen molar-refractivity contribution in [1.29, 1.82) is 0 Å². The zero-order valence-corrected chi connectivity index (χ0v) is 13.7. The van der Waals surface area contributed by atoms with Gasteiger partial charge in [-0.2, -0.15) is 0 Å². The lowest BCUT2D eigenvalue weighted by molar-refractivity contribution is 0.0642. The minimum absolute atomic E-state index is 0.0380. The number of phenolic OH excluding ortho intramolecular Hbond substituents is 1. The molecule has 6 heteroatoms. The number of amides is 1. The maximum atomic E-state index is 12.4. The normalized spacial score (nSPS) is 16.6. The molecule has 1 N–H and O–H groups in total. The molecule has 1 aliphatic heterocycles. The molecule has 0 atom stereocenters. The molecule has 19 heavy (non-hydrogen) atoms. The van der Waals surface area contributed by atoms with E-state index >= 15 is 0 Å². The van der Waals surface area contributed by atoms with Crippen molar-refractivity contribution in [3.05, 3.63) is 28.2 Å². The number of rotatable bonds is 3. The highest BCUT2D eigenvalue weighted by Gasteiger charge is 2.23. The summed E-state index contributed by atoms with van der Waals surface area (Å²) in [7, 11) is 0. The summed E-state index contributed by atoms with van der Waals surface area (Å²) >= 11 is 6.75. The number of nitrogens with zero attached hydrogens (tertiary/aromatic N) is 2. The Morgan fingerprint density at radius 2 is 1.95 bits per heavy atom. The Hall–Kier alpha value is -0.590. The molecule has 0 aliphatic carbocycles. The second-order valence-electron chi connectivity index (χ2n) is 4.48. The van der Waals surface area contributed by atoms with E-state index in [9.17, 15) is 9.90 Å². The van der Waals surface area contributed by atoms with Crippen LogP contribution in [0.5, 0.6) is 5.75 Å². The zero-order chi connectivity index (χ0) is 13.8. The minimum Gasteiger partial charge on any atom is -0.507 e. The molecular weight excluding hydrogens is 376 g/mol. The molecule has 104 valence electrons. The van der Waals surface area contributed by atoms with Gasteiger partial charge in [0, 0.05) is 42.5 Å². The number of hydrogen-bond donors (Lipinski definition) is 1. The summed E-state index contributed by atoms with van der Waals surface area (Å²) in [6, 6.07) is 4.93. The maximum absolute atomic E-state index is 12.4. The number of hydrogen-bond acceptors (Lipinski definition) is 3. The summed E-state index contributed by atoms with van der Waals surface area (Å²) in [4.78, 5) is 16.5. The van der Waals surface area contributed by atoms with Gasteiger partial charge in [0.15, 0.2) is 0 Å². The molecule has 2 rings (SSSR count). The molecule has 4 nitrogen and oxygen atoms in total. The first-order valence-electron chi connectivity index (χ1n) is 6.18. The predicted octanol–water partition coefficient (Wildman–Crippen LogP) is 2.31. The topological polar surface area (TPSA) is 43.8 Å². The maximum Gasteiger partial charge on any atom is 0.257 e. The van der Waals surface area contributed by atoms with Crippen LogP contribution in [0.4, 0.5) is 0 Å². The number of piperazine rings is 1. The number of carbonyl (C=O) groups is 1. The fraction of sp³-hybridized carbons (Fsp3) is 0.462. The van der Waals surface area contributed by atoms with Crippen LogP contribution >= 0.6 is 31.9 Å². The van der Waals surface area contributed by atoms with Gasteiger partial charge in [0.1, 0.15) is 5.75 Å². The first-order chi connectivity index (χ1) is 9.11. The number of aromatic hydroxyl groups is 1. The fourth-order valence-corrected chi connectivity index (χ4v) is 3.01. The summed E-state index contributed by atoms with van der Waals surface area (Å²) < 4.78 is 0.798. The molecule has 0 aromatic heterocycles. The van der Waals surface area contributed by atoms with Gasteiger partial charge in [-0.15, -0.1) is 0 Å². The third kappa shape index (κ3) is 3.70. The van der Waals surface area contributed by atoms with Gasteiger partial charge >= 0.3 is 0 Å². The number of alkyl halides is 1. The Balaban J connectivity index is 2.03. The van der Waals surface area contributed by atoms with Crippen LogP contribution in [0.25, 0.3) is 0 Å². The Morgan fingerprint density at radius 1 is 1.26 bits per heavy atom. The first kappa shape index (κ1) is 14.8. The average molecular weight is 392 g/mol. The molecule has 1 fully saturated rings. The second kappa shape index (κ2) is 6.72. The highest BCUT2D eigenvalue weighted by atomic mass is 79.9. The second-order valence-corrected chi connectivity index (χ2v) is 6.19. The highest BCUT2D eigenvalue weighted by molar-refractivity contribution is 9.10. The van der Waals surface area contributed by atoms with E-state index in [0.717, 1.165) is 29.4 Å². The van der Waals surface area contributed by atoms with Crippen molar-refractivity contribution in [3.63, 3.8) is 0 Å². The highest BCUT2D eigenvalue weighted by Crippen LogP contribution is 2.23. The first-order valence-corrected chi connectivity index (χ1v) is 8.09. The molecule has 1 heterocycles. The third-order valence-electron chi connectivity index (χ3n) is 3.25. The van der Waals surface area contributed by atoms with Crippen molar-refractivity contribution < 1.29 is 9.90 Å². The van der Waals surface area contributed by atoms with Crippen LogP contribution in [0, 0.1) is 0 Å². The lowest BCUT2D eigenvalue weighted by Gasteiger charge is -2.34. The molecule has 1 aliphatic rings. The van der Waals surface area contributed by atoms with Crippen LogP contribution in [0.15, 0.2) is 22.7 Å². The largest absolute Gasteiger partial charge is 0.507 e. The van der Waals surface area contributed by atoms with E-state index in [-0.39, 0.29) is 11.7 Å². The molecule has 0 spiro atoms. The van der Waals surface area contributed by atoms with E-state index in [1.165, 1.54) is 0 Å². The Labute approximate surface area is 129 Å². The van der Waals surface area contributed by atoms with E-state index in [4.69, 9.17) is 0 Å². The van der Waals surface area contributed by atoms with Crippen LogP contribution < -0.4 is 0 Å². The van der Waals surface area contributed by atoms with Gasteiger partial charge in [-0.1, -0.05) is 31.9 Å². The number of phenols is 1. The molecule has 0 saturated carbocycles. The SMILES string of the molecule is O=C(c1cc(Br)ccc1O)N1CCN(CCBr)CC1. The quantitative estimate of drug-likeness (QED) is 0.804. The van der Waals surface area contributed by atoms with Gasteiger partial charge < -0.3 is 10.0 Å². The molecular formula is C13H16Br2N2O2. The minimum atomic E-state index is -0.0997. The zero-order valence-electron chi connectivity index (χ0n) is 10.5. The smallest absolute Gasteiger partial charge is 0.257 e. The van der Waals surface area contributed by atoms with Gasteiger partial charge in [-0.3, -0.25) is 9.69 Å². The predicted molar refractivity (Wildman–Crippen MR) is 81.9 cm³/mol. The van der Waals surface area contributed by atoms with Crippen molar-refractivity contribution in [1.82, 2.24) is 9.80 Å². The number of carbonyl (C=O) groups excluding carboxylic acids is 1. The molecule has 1 saturated heterocycles. The summed E-state index contributed by atoms with van der Waals surface area (Å²) in [5.41, 5.74) is 0.364. The van der Waals surface area contributed by atoms with E-state index in [2.05, 4.69) is 36.8 Å². The molecule has 1 amide bonds. The van der Waals surface area contributed by atoms with Crippen LogP contribution in [-0.2, 0) is 0 Å². The Kier molecular flexibility index (Phi) is 5.24. The lowest BCUT2D eigenvalue weighted by atomic mass is 10.1. The van der Waals surface area contributed by atoms with E-state index in [0.29, 0.717) is 18.7 Å². The number of halogens is 2. The molecule has 0 unspecified atom stereocenters. The van der Waals surface area contributed by atoms with Crippen molar-refractivity contribution in [2.75, 3.05) is 38.1 Å². The Bertz CT molecular complexity index is 460. The van der Waals surface area contributed by atoms with Crippen molar-refractivity contribution in [2.45, 2.75) is 0 Å². The summed E-state index contributed by atoms with van der Waals surface area (Å²) in [5, 5.41) is 10.7. The lowest BCUT2D eigenvalue weighted by Crippen LogP contribution is -2.49. The molecule has 1 aromatic rings. The van der Waals surface area contributed by atoms with Gasteiger partial charge in [-0.25, -0.2) is 0 Å². The van der Waals surface area contributed by atoms with E-state index in [1.807, 2.05) is 0 Å². The molecule has 0 bridgehead atoms. The van der Waals surface area contributed by atoms with Gasteiger partial charge in [-0.05, 0) is 18.2 Å². The van der Waals surface area contributed by atoms with Crippen LogP contribution in [-0.4, -0.2) is 58.9 Å². The van der Waals surface area contributed by atoms with E-state index < -0.39 is 0 Å². The van der Waals surface area contributed by atoms with Crippen molar-refractivity contribution in [2.24, 2.45) is 0 Å². The Morgan fingerprint density at radius 3 is 2.58 bits per heavy atom. The molecule has 1 aromatic carbocycles. The summed E-state index contributed by atoms with van der Waals surface area (Å²) in [5.74, 6) is -0.0617. The fourth-order valence-electron chi connectivity index (χ4n) is 2.14. The third-order valence-corrected chi connectivity index (χ3v) is 4.10. The summed E-state index contributed by atoms with van der Waals surface area (Å²) in [6.07, 6.45) is 0. The van der Waals surface area contributed by atoms with Gasteiger partial charge in [0.25, 0.3) is 5.91 Å². The summed E-state index contributed by atoms with van der Waals surface area (Å²) in [6.45, 7) is 4.18. The van der Waals surface area contributed by atoms with Gasteiger partial charge in [0.05, 0.1) is 5.56 Å². The standard InChI is InChI=1S/C13H16Br2N2O2/c14-3-4-16-5-7-17(8-6-16)13(19)11-9-10(15)1-2-12(11)18/h1-2,9,18H,3-8H2. The average Bonchev–Trinajstić information content (AvgIpc) is 2.42. The number of benzene rings is 1. The van der Waals surface area contributed by atoms with Crippen molar-refractivity contribution in [3.8, 4) is 5.75 Å². The van der Waals surface area contributed by atoms with Crippen molar-refractivity contribution >= 4 is 37.8 Å². The molecule has 0 radical (unpaired) electrons. The van der Waals surface area contributed by atoms with Crippen LogP contribution in [0.1, 0.15) is 10.4 Å².